The first-order valence-corrected chi connectivity index (χ1v) is 5.32. The summed E-state index contributed by atoms with van der Waals surface area (Å²) in [6.07, 6.45) is 3.66. The minimum absolute atomic E-state index is 0.785. The fraction of sp³-hybridized carbons (Fsp3) is 0.500. The first-order valence-electron chi connectivity index (χ1n) is 4.44. The minimum Gasteiger partial charge on any atom is -0.317 e. The van der Waals surface area contributed by atoms with Gasteiger partial charge in [-0.1, -0.05) is 0 Å². The van der Waals surface area contributed by atoms with Gasteiger partial charge in [0.2, 0.25) is 0 Å². The van der Waals surface area contributed by atoms with Crippen LogP contribution in [0.15, 0.2) is 11.4 Å². The predicted molar refractivity (Wildman–Crippen MR) is 56.5 cm³/mol. The third-order valence-electron chi connectivity index (χ3n) is 1.87. The molecule has 0 atom stereocenters. The van der Waals surface area contributed by atoms with Crippen LogP contribution < -0.4 is 5.32 Å². The molecule has 0 bridgehead atoms. The normalized spacial score (nSPS) is 14.6. The summed E-state index contributed by atoms with van der Waals surface area (Å²) >= 11 is 1.60. The molecule has 0 saturated heterocycles. The Morgan fingerprint density at radius 3 is 2.46 bits per heavy atom. The second-order valence-electron chi connectivity index (χ2n) is 3.17. The second-order valence-corrected chi connectivity index (χ2v) is 4.29. The zero-order valence-corrected chi connectivity index (χ0v) is 8.86. The first kappa shape index (κ1) is 10.4. The molecule has 1 aliphatic carbocycles. The van der Waals surface area contributed by atoms with Crippen LogP contribution in [-0.2, 0) is 0 Å². The molecule has 3 heteroatoms. The summed E-state index contributed by atoms with van der Waals surface area (Å²) < 4.78 is 0. The average molecular weight is 197 g/mol. The smallest absolute Gasteiger partial charge is 0.150 e. The van der Waals surface area contributed by atoms with Crippen molar-refractivity contribution in [3.05, 3.63) is 21.9 Å². The van der Waals surface area contributed by atoms with Crippen molar-refractivity contribution in [2.24, 2.45) is 0 Å². The van der Waals surface area contributed by atoms with Gasteiger partial charge < -0.3 is 5.32 Å². The Labute approximate surface area is 83.0 Å². The molecule has 0 spiro atoms. The molecule has 1 fully saturated rings. The maximum atomic E-state index is 10.0. The Balaban J connectivity index is 0.000000145. The van der Waals surface area contributed by atoms with Gasteiger partial charge in [0.1, 0.15) is 0 Å². The number of rotatable bonds is 2. The molecular weight excluding hydrogens is 182 g/mol. The van der Waals surface area contributed by atoms with Gasteiger partial charge in [0.05, 0.1) is 0 Å². The fourth-order valence-corrected chi connectivity index (χ4v) is 1.55. The van der Waals surface area contributed by atoms with Crippen molar-refractivity contribution in [2.45, 2.75) is 25.8 Å². The van der Waals surface area contributed by atoms with Crippen LogP contribution in [0.5, 0.6) is 0 Å². The Morgan fingerprint density at radius 1 is 1.62 bits per heavy atom. The Hall–Kier alpha value is -0.670. The highest BCUT2D eigenvalue weighted by Gasteiger charge is 2.17. The lowest BCUT2D eigenvalue weighted by Gasteiger charge is -1.80. The van der Waals surface area contributed by atoms with E-state index in [1.807, 2.05) is 25.4 Å². The lowest BCUT2D eigenvalue weighted by Crippen LogP contribution is -2.06. The topological polar surface area (TPSA) is 29.1 Å². The summed E-state index contributed by atoms with van der Waals surface area (Å²) in [4.78, 5) is 11.2. The van der Waals surface area contributed by atoms with Crippen molar-refractivity contribution in [3.8, 4) is 0 Å². The number of carbonyl (C=O) groups excluding carboxylic acids is 1. The van der Waals surface area contributed by atoms with Crippen molar-refractivity contribution in [1.29, 1.82) is 0 Å². The standard InChI is InChI=1S/C6H6OS.C4H9N/c1-5-2-6(3-7)4-8-5;1-5-4-2-3-4/h2-4H,1H3;4-5H,2-3H2,1H3. The van der Waals surface area contributed by atoms with Gasteiger partial charge in [0, 0.05) is 21.9 Å². The molecule has 2 rings (SSSR count). The van der Waals surface area contributed by atoms with Crippen LogP contribution in [0.3, 0.4) is 0 Å². The van der Waals surface area contributed by atoms with Crippen LogP contribution in [0.2, 0.25) is 0 Å². The Morgan fingerprint density at radius 2 is 2.31 bits per heavy atom. The number of thiophene rings is 1. The van der Waals surface area contributed by atoms with Crippen molar-refractivity contribution in [1.82, 2.24) is 5.32 Å². The molecule has 0 aliphatic heterocycles. The molecule has 0 radical (unpaired) electrons. The number of aryl methyl sites for hydroxylation is 1. The van der Waals surface area contributed by atoms with Gasteiger partial charge in [-0.25, -0.2) is 0 Å². The van der Waals surface area contributed by atoms with Crippen LogP contribution in [0, 0.1) is 6.92 Å². The fourth-order valence-electron chi connectivity index (χ4n) is 0.898. The Kier molecular flexibility index (Phi) is 4.12. The zero-order chi connectivity index (χ0) is 9.68. The van der Waals surface area contributed by atoms with Crippen LogP contribution in [0.4, 0.5) is 0 Å². The van der Waals surface area contributed by atoms with Gasteiger partial charge in [-0.2, -0.15) is 0 Å². The van der Waals surface area contributed by atoms with Crippen molar-refractivity contribution >= 4 is 17.6 Å². The first-order chi connectivity index (χ1) is 6.26. The van der Waals surface area contributed by atoms with Crippen molar-refractivity contribution in [3.63, 3.8) is 0 Å². The van der Waals surface area contributed by atoms with Crippen LogP contribution in [0.1, 0.15) is 28.1 Å². The molecule has 1 saturated carbocycles. The third kappa shape index (κ3) is 4.20. The molecule has 1 aromatic rings. The Bertz CT molecular complexity index is 266. The molecule has 13 heavy (non-hydrogen) atoms. The number of carbonyl (C=O) groups is 1. The quantitative estimate of drug-likeness (QED) is 0.737. The summed E-state index contributed by atoms with van der Waals surface area (Å²) in [5.74, 6) is 0. The van der Waals surface area contributed by atoms with Crippen LogP contribution in [0.25, 0.3) is 0 Å². The molecule has 1 N–H and O–H groups in total. The van der Waals surface area contributed by atoms with E-state index in [9.17, 15) is 4.79 Å². The van der Waals surface area contributed by atoms with E-state index in [0.29, 0.717) is 0 Å². The van der Waals surface area contributed by atoms with E-state index in [0.717, 1.165) is 17.9 Å². The predicted octanol–water partition coefficient (Wildman–Crippen LogP) is 2.24. The maximum Gasteiger partial charge on any atom is 0.150 e. The van der Waals surface area contributed by atoms with E-state index in [-0.39, 0.29) is 0 Å². The number of nitrogens with one attached hydrogen (secondary N) is 1. The van der Waals surface area contributed by atoms with E-state index in [2.05, 4.69) is 5.32 Å². The van der Waals surface area contributed by atoms with Gasteiger partial charge in [-0.3, -0.25) is 4.79 Å². The van der Waals surface area contributed by atoms with E-state index in [4.69, 9.17) is 0 Å². The molecule has 1 heterocycles. The molecule has 72 valence electrons. The molecule has 0 aromatic carbocycles. The lowest BCUT2D eigenvalue weighted by molar-refractivity contribution is 0.112. The highest BCUT2D eigenvalue weighted by atomic mass is 32.1. The number of aldehydes is 1. The average Bonchev–Trinajstić information content (AvgIpc) is 2.90. The highest BCUT2D eigenvalue weighted by molar-refractivity contribution is 7.10. The molecule has 0 unspecified atom stereocenters. The van der Waals surface area contributed by atoms with Gasteiger partial charge in [0.25, 0.3) is 0 Å². The van der Waals surface area contributed by atoms with E-state index in [1.165, 1.54) is 17.7 Å². The summed E-state index contributed by atoms with van der Waals surface area (Å²) in [6, 6.07) is 2.76. The van der Waals surface area contributed by atoms with Gasteiger partial charge in [0.15, 0.2) is 6.29 Å². The number of hydrogen-bond acceptors (Lipinski definition) is 3. The van der Waals surface area contributed by atoms with E-state index >= 15 is 0 Å². The maximum absolute atomic E-state index is 10.0. The van der Waals surface area contributed by atoms with Crippen molar-refractivity contribution in [2.75, 3.05) is 7.05 Å². The van der Waals surface area contributed by atoms with Crippen molar-refractivity contribution < 1.29 is 4.79 Å². The molecule has 1 aromatic heterocycles. The molecule has 2 nitrogen and oxygen atoms in total. The van der Waals surface area contributed by atoms with E-state index in [1.54, 1.807) is 11.3 Å². The van der Waals surface area contributed by atoms with Gasteiger partial charge in [-0.05, 0) is 32.9 Å². The van der Waals surface area contributed by atoms with Crippen LogP contribution in [-0.4, -0.2) is 19.4 Å². The van der Waals surface area contributed by atoms with Crippen LogP contribution >= 0.6 is 11.3 Å². The largest absolute Gasteiger partial charge is 0.317 e. The lowest BCUT2D eigenvalue weighted by atomic mass is 10.3. The van der Waals surface area contributed by atoms with Gasteiger partial charge in [-0.15, -0.1) is 11.3 Å². The summed E-state index contributed by atoms with van der Waals surface area (Å²) in [6.45, 7) is 1.98. The SMILES string of the molecule is CNC1CC1.Cc1cc(C=O)cs1. The summed E-state index contributed by atoms with van der Waals surface area (Å²) in [7, 11) is 2.01. The zero-order valence-electron chi connectivity index (χ0n) is 8.04. The second kappa shape index (κ2) is 5.14. The molecule has 1 aliphatic rings. The molecular formula is C10H15NOS. The third-order valence-corrected chi connectivity index (χ3v) is 2.75. The highest BCUT2D eigenvalue weighted by Crippen LogP contribution is 2.17. The summed E-state index contributed by atoms with van der Waals surface area (Å²) in [5, 5.41) is 4.99. The monoisotopic (exact) mass is 197 g/mol. The van der Waals surface area contributed by atoms with E-state index < -0.39 is 0 Å². The number of hydrogen-bond donors (Lipinski definition) is 1. The summed E-state index contributed by atoms with van der Waals surface area (Å²) in [5.41, 5.74) is 0.785. The van der Waals surface area contributed by atoms with Gasteiger partial charge >= 0.3 is 0 Å². The molecule has 0 amide bonds. The minimum atomic E-state index is 0.785.